The van der Waals surface area contributed by atoms with Crippen LogP contribution < -0.4 is 10.5 Å². The van der Waals surface area contributed by atoms with Gasteiger partial charge in [-0.25, -0.2) is 0 Å². The lowest BCUT2D eigenvalue weighted by Gasteiger charge is -2.43. The molecule has 0 atom stereocenters. The van der Waals surface area contributed by atoms with Gasteiger partial charge in [0.05, 0.1) is 17.6 Å². The van der Waals surface area contributed by atoms with Crippen LogP contribution in [0.5, 0.6) is 5.75 Å². The topological polar surface area (TPSA) is 41.7 Å². The fourth-order valence-corrected chi connectivity index (χ4v) is 2.82. The third-order valence-corrected chi connectivity index (χ3v) is 4.85. The van der Waals surface area contributed by atoms with Crippen molar-refractivity contribution in [1.82, 2.24) is 9.80 Å². The monoisotopic (exact) mass is 307 g/mol. The molecule has 1 aromatic carbocycles. The lowest BCUT2D eigenvalue weighted by molar-refractivity contribution is 0.0817. The van der Waals surface area contributed by atoms with E-state index in [2.05, 4.69) is 35.8 Å². The summed E-state index contributed by atoms with van der Waals surface area (Å²) in [6.07, 6.45) is 0. The number of hydrogen-bond donors (Lipinski definition) is 1. The van der Waals surface area contributed by atoms with Crippen LogP contribution in [-0.4, -0.2) is 53.6 Å². The molecule has 0 bridgehead atoms. The van der Waals surface area contributed by atoms with Gasteiger partial charge in [-0.3, -0.25) is 9.80 Å². The zero-order valence-corrected chi connectivity index (χ0v) is 13.9. The summed E-state index contributed by atoms with van der Waals surface area (Å²) < 4.78 is 5.42. The second kappa shape index (κ2) is 6.73. The van der Waals surface area contributed by atoms with Crippen LogP contribution in [-0.2, 0) is 6.54 Å². The minimum absolute atomic E-state index is 0.203. The zero-order valence-electron chi connectivity index (χ0n) is 13.1. The molecule has 0 aliphatic carbocycles. The summed E-state index contributed by atoms with van der Waals surface area (Å²) in [7, 11) is 1.72. The lowest BCUT2D eigenvalue weighted by atomic mass is 10.0. The molecule has 1 aliphatic heterocycles. The van der Waals surface area contributed by atoms with Gasteiger partial charge in [0.15, 0.2) is 0 Å². The lowest BCUT2D eigenvalue weighted by Crippen LogP contribution is -2.59. The molecule has 1 aromatic rings. The van der Waals surface area contributed by atoms with E-state index in [0.29, 0.717) is 4.99 Å². The fraction of sp³-hybridized carbons (Fsp3) is 0.562. The van der Waals surface area contributed by atoms with Gasteiger partial charge >= 0.3 is 0 Å². The van der Waals surface area contributed by atoms with Gasteiger partial charge < -0.3 is 10.5 Å². The predicted molar refractivity (Wildman–Crippen MR) is 90.7 cm³/mol. The number of hydrogen-bond acceptors (Lipinski definition) is 4. The standard InChI is InChI=1S/C16H25N3OS/c1-16(2,15(17)21)19-10-8-18(9-11-19)12-13-6-4-5-7-14(13)20-3/h4-7H,8-12H2,1-3H3,(H2,17,21). The maximum Gasteiger partial charge on any atom is 0.123 e. The van der Waals surface area contributed by atoms with Crippen LogP contribution >= 0.6 is 12.2 Å². The van der Waals surface area contributed by atoms with E-state index in [1.807, 2.05) is 12.1 Å². The van der Waals surface area contributed by atoms with Gasteiger partial charge in [-0.05, 0) is 19.9 Å². The predicted octanol–water partition coefficient (Wildman–Crippen LogP) is 1.88. The number of ether oxygens (including phenoxy) is 1. The molecule has 0 saturated carbocycles. The summed E-state index contributed by atoms with van der Waals surface area (Å²) in [4.78, 5) is 5.39. The van der Waals surface area contributed by atoms with Crippen LogP contribution in [0.4, 0.5) is 0 Å². The smallest absolute Gasteiger partial charge is 0.123 e. The Bertz CT molecular complexity index is 496. The Morgan fingerprint density at radius 2 is 1.86 bits per heavy atom. The van der Waals surface area contributed by atoms with E-state index in [-0.39, 0.29) is 5.54 Å². The highest BCUT2D eigenvalue weighted by atomic mass is 32.1. The molecule has 0 spiro atoms. The third kappa shape index (κ3) is 3.73. The summed E-state index contributed by atoms with van der Waals surface area (Å²) in [5.74, 6) is 0.961. The summed E-state index contributed by atoms with van der Waals surface area (Å²) in [6, 6.07) is 8.21. The van der Waals surface area contributed by atoms with E-state index in [9.17, 15) is 0 Å². The molecule has 2 rings (SSSR count). The molecule has 0 aromatic heterocycles. The number of para-hydroxylation sites is 1. The van der Waals surface area contributed by atoms with E-state index in [0.717, 1.165) is 38.5 Å². The Morgan fingerprint density at radius 3 is 2.43 bits per heavy atom. The van der Waals surface area contributed by atoms with Crippen molar-refractivity contribution in [2.45, 2.75) is 25.9 Å². The first kappa shape index (κ1) is 16.2. The van der Waals surface area contributed by atoms with E-state index in [4.69, 9.17) is 22.7 Å². The van der Waals surface area contributed by atoms with E-state index in [1.54, 1.807) is 7.11 Å². The molecule has 1 aliphatic rings. The highest BCUT2D eigenvalue weighted by molar-refractivity contribution is 7.80. The Balaban J connectivity index is 1.94. The molecule has 1 fully saturated rings. The molecule has 0 radical (unpaired) electrons. The Morgan fingerprint density at radius 1 is 1.24 bits per heavy atom. The molecule has 0 unspecified atom stereocenters. The maximum absolute atomic E-state index is 5.86. The Labute approximate surface area is 132 Å². The average molecular weight is 307 g/mol. The molecule has 116 valence electrons. The van der Waals surface area contributed by atoms with E-state index < -0.39 is 0 Å². The van der Waals surface area contributed by atoms with Crippen molar-refractivity contribution in [2.75, 3.05) is 33.3 Å². The first-order valence-electron chi connectivity index (χ1n) is 7.34. The average Bonchev–Trinajstić information content (AvgIpc) is 2.48. The maximum atomic E-state index is 5.86. The first-order chi connectivity index (χ1) is 9.95. The Hall–Kier alpha value is -1.17. The van der Waals surface area contributed by atoms with Crippen LogP contribution in [0.15, 0.2) is 24.3 Å². The quantitative estimate of drug-likeness (QED) is 0.841. The number of nitrogens with zero attached hydrogens (tertiary/aromatic N) is 2. The summed E-state index contributed by atoms with van der Waals surface area (Å²) in [5.41, 5.74) is 6.89. The molecular formula is C16H25N3OS. The minimum Gasteiger partial charge on any atom is -0.496 e. The fourth-order valence-electron chi connectivity index (χ4n) is 2.70. The van der Waals surface area contributed by atoms with Crippen LogP contribution in [0.3, 0.4) is 0 Å². The van der Waals surface area contributed by atoms with Gasteiger partial charge in [-0.1, -0.05) is 30.4 Å². The number of benzene rings is 1. The molecule has 0 amide bonds. The van der Waals surface area contributed by atoms with Crippen molar-refractivity contribution in [3.05, 3.63) is 29.8 Å². The van der Waals surface area contributed by atoms with Gasteiger partial charge in [0.2, 0.25) is 0 Å². The molecule has 21 heavy (non-hydrogen) atoms. The normalized spacial score (nSPS) is 17.7. The summed E-state index contributed by atoms with van der Waals surface area (Å²) in [5, 5.41) is 0. The Kier molecular flexibility index (Phi) is 5.19. The van der Waals surface area contributed by atoms with Crippen molar-refractivity contribution in [1.29, 1.82) is 0 Å². The highest BCUT2D eigenvalue weighted by Gasteiger charge is 2.32. The van der Waals surface area contributed by atoms with Crippen molar-refractivity contribution in [2.24, 2.45) is 5.73 Å². The first-order valence-corrected chi connectivity index (χ1v) is 7.75. The van der Waals surface area contributed by atoms with Crippen LogP contribution in [0.25, 0.3) is 0 Å². The SMILES string of the molecule is COc1ccccc1CN1CCN(C(C)(C)C(N)=S)CC1. The largest absolute Gasteiger partial charge is 0.496 e. The number of nitrogens with two attached hydrogens (primary N) is 1. The number of rotatable bonds is 5. The van der Waals surface area contributed by atoms with Crippen molar-refractivity contribution in [3.8, 4) is 5.75 Å². The minimum atomic E-state index is -0.203. The van der Waals surface area contributed by atoms with E-state index >= 15 is 0 Å². The molecule has 1 saturated heterocycles. The third-order valence-electron chi connectivity index (χ3n) is 4.35. The second-order valence-corrected chi connectivity index (χ2v) is 6.44. The van der Waals surface area contributed by atoms with Gasteiger partial charge in [-0.15, -0.1) is 0 Å². The molecule has 2 N–H and O–H groups in total. The second-order valence-electron chi connectivity index (χ2n) is 6.00. The zero-order chi connectivity index (χ0) is 15.5. The molecule has 5 heteroatoms. The molecule has 1 heterocycles. The van der Waals surface area contributed by atoms with Gasteiger partial charge in [0.25, 0.3) is 0 Å². The molecular weight excluding hydrogens is 282 g/mol. The highest BCUT2D eigenvalue weighted by Crippen LogP contribution is 2.22. The summed E-state index contributed by atoms with van der Waals surface area (Å²) >= 11 is 5.19. The number of methoxy groups -OCH3 is 1. The van der Waals surface area contributed by atoms with Gasteiger partial charge in [0, 0.05) is 38.3 Å². The van der Waals surface area contributed by atoms with Crippen LogP contribution in [0.1, 0.15) is 19.4 Å². The number of piperazine rings is 1. The van der Waals surface area contributed by atoms with Crippen molar-refractivity contribution in [3.63, 3.8) is 0 Å². The molecule has 4 nitrogen and oxygen atoms in total. The van der Waals surface area contributed by atoms with Gasteiger partial charge in [-0.2, -0.15) is 0 Å². The van der Waals surface area contributed by atoms with E-state index in [1.165, 1.54) is 5.56 Å². The van der Waals surface area contributed by atoms with Crippen LogP contribution in [0.2, 0.25) is 0 Å². The van der Waals surface area contributed by atoms with Gasteiger partial charge in [0.1, 0.15) is 5.75 Å². The van der Waals surface area contributed by atoms with Crippen LogP contribution in [0, 0.1) is 0 Å². The van der Waals surface area contributed by atoms with Crippen molar-refractivity contribution >= 4 is 17.2 Å². The summed E-state index contributed by atoms with van der Waals surface area (Å²) in [6.45, 7) is 9.13. The number of thiocarbonyl (C=S) groups is 1. The van der Waals surface area contributed by atoms with Crippen molar-refractivity contribution < 1.29 is 4.74 Å².